The van der Waals surface area contributed by atoms with Crippen LogP contribution in [-0.4, -0.2) is 40.2 Å². The number of aromatic nitrogens is 1. The van der Waals surface area contributed by atoms with Crippen LogP contribution in [0.4, 0.5) is 0 Å². The first-order valence-corrected chi connectivity index (χ1v) is 8.31. The molecule has 0 bridgehead atoms. The molecule has 1 aliphatic rings. The van der Waals surface area contributed by atoms with Crippen LogP contribution in [0.1, 0.15) is 27.1 Å². The van der Waals surface area contributed by atoms with E-state index in [4.69, 9.17) is 27.9 Å². The molecule has 0 aliphatic carbocycles. The molecule has 0 N–H and O–H groups in total. The summed E-state index contributed by atoms with van der Waals surface area (Å²) in [5.41, 5.74) is 0.640. The quantitative estimate of drug-likeness (QED) is 0.618. The fourth-order valence-electron chi connectivity index (χ4n) is 2.47. The van der Waals surface area contributed by atoms with Gasteiger partial charge in [0.25, 0.3) is 11.8 Å². The van der Waals surface area contributed by atoms with Crippen LogP contribution in [0.5, 0.6) is 5.88 Å². The lowest BCUT2D eigenvalue weighted by Gasteiger charge is -2.22. The van der Waals surface area contributed by atoms with Crippen molar-refractivity contribution in [2.24, 2.45) is 0 Å². The molecular weight excluding hydrogens is 351 g/mol. The maximum absolute atomic E-state index is 12.8. The van der Waals surface area contributed by atoms with Gasteiger partial charge in [0.15, 0.2) is 0 Å². The molecule has 3 rings (SSSR count). The second-order valence-corrected chi connectivity index (χ2v) is 6.12. The molecule has 0 saturated carbocycles. The molecule has 2 heterocycles. The number of rotatable bonds is 3. The van der Waals surface area contributed by atoms with E-state index >= 15 is 0 Å². The van der Waals surface area contributed by atoms with Crippen LogP contribution in [0.15, 0.2) is 42.6 Å². The zero-order valence-electron chi connectivity index (χ0n) is 12.6. The molecule has 1 atom stereocenters. The van der Waals surface area contributed by atoms with Crippen LogP contribution in [0, 0.1) is 0 Å². The SMILES string of the molecule is O=C(c1ccc(Cl)cc1)N1CC(CCCl)Oc2ncccc2C1=O. The van der Waals surface area contributed by atoms with Crippen molar-refractivity contribution in [2.75, 3.05) is 12.4 Å². The summed E-state index contributed by atoms with van der Waals surface area (Å²) in [7, 11) is 0. The van der Waals surface area contributed by atoms with Gasteiger partial charge in [-0.05, 0) is 42.8 Å². The van der Waals surface area contributed by atoms with Crippen molar-refractivity contribution in [3.05, 3.63) is 58.7 Å². The highest BCUT2D eigenvalue weighted by Gasteiger charge is 2.33. The minimum Gasteiger partial charge on any atom is -0.472 e. The molecule has 0 fully saturated rings. The fourth-order valence-corrected chi connectivity index (χ4v) is 2.84. The Hall–Kier alpha value is -2.11. The highest BCUT2D eigenvalue weighted by molar-refractivity contribution is 6.30. The van der Waals surface area contributed by atoms with Crippen LogP contribution in [0.25, 0.3) is 0 Å². The van der Waals surface area contributed by atoms with Gasteiger partial charge in [-0.3, -0.25) is 14.5 Å². The van der Waals surface area contributed by atoms with E-state index in [1.807, 2.05) is 0 Å². The van der Waals surface area contributed by atoms with Gasteiger partial charge in [0.1, 0.15) is 11.7 Å². The monoisotopic (exact) mass is 364 g/mol. The van der Waals surface area contributed by atoms with Crippen LogP contribution in [0.2, 0.25) is 5.02 Å². The van der Waals surface area contributed by atoms with Gasteiger partial charge in [0.05, 0.1) is 6.54 Å². The van der Waals surface area contributed by atoms with Crippen molar-refractivity contribution in [1.82, 2.24) is 9.88 Å². The summed E-state index contributed by atoms with van der Waals surface area (Å²) in [5.74, 6) is -0.264. The average molecular weight is 365 g/mol. The van der Waals surface area contributed by atoms with Crippen LogP contribution < -0.4 is 4.74 Å². The Morgan fingerprint density at radius 3 is 2.75 bits per heavy atom. The first-order valence-electron chi connectivity index (χ1n) is 7.39. The maximum Gasteiger partial charge on any atom is 0.266 e. The average Bonchev–Trinajstić information content (AvgIpc) is 2.73. The summed E-state index contributed by atoms with van der Waals surface area (Å²) in [6.07, 6.45) is 1.63. The molecule has 2 aromatic rings. The van der Waals surface area contributed by atoms with Crippen molar-refractivity contribution in [3.8, 4) is 5.88 Å². The Morgan fingerprint density at radius 1 is 1.29 bits per heavy atom. The third-order valence-corrected chi connectivity index (χ3v) is 4.15. The van der Waals surface area contributed by atoms with Crippen molar-refractivity contribution < 1.29 is 14.3 Å². The predicted molar refractivity (Wildman–Crippen MR) is 90.8 cm³/mol. The largest absolute Gasteiger partial charge is 0.472 e. The Labute approximate surface area is 149 Å². The smallest absolute Gasteiger partial charge is 0.266 e. The Morgan fingerprint density at radius 2 is 2.04 bits per heavy atom. The number of pyridine rings is 1. The molecule has 1 aromatic heterocycles. The zero-order chi connectivity index (χ0) is 17.1. The minimum absolute atomic E-state index is 0.114. The summed E-state index contributed by atoms with van der Waals surface area (Å²) in [5, 5.41) is 0.520. The number of imide groups is 1. The predicted octanol–water partition coefficient (Wildman–Crippen LogP) is 3.41. The van der Waals surface area contributed by atoms with E-state index in [0.717, 1.165) is 0 Å². The minimum atomic E-state index is -0.435. The number of fused-ring (bicyclic) bond motifs is 1. The third kappa shape index (κ3) is 3.37. The van der Waals surface area contributed by atoms with E-state index in [-0.39, 0.29) is 18.0 Å². The Bertz CT molecular complexity index is 765. The summed E-state index contributed by atoms with van der Waals surface area (Å²) in [6, 6.07) is 9.62. The first-order chi connectivity index (χ1) is 11.6. The van der Waals surface area contributed by atoms with Crippen molar-refractivity contribution in [1.29, 1.82) is 0 Å². The number of carbonyl (C=O) groups excluding carboxylic acids is 2. The van der Waals surface area contributed by atoms with Gasteiger partial charge >= 0.3 is 0 Å². The number of amides is 2. The van der Waals surface area contributed by atoms with Gasteiger partial charge in [-0.25, -0.2) is 4.98 Å². The molecule has 1 unspecified atom stereocenters. The Balaban J connectivity index is 1.97. The van der Waals surface area contributed by atoms with Crippen molar-refractivity contribution >= 4 is 35.0 Å². The highest BCUT2D eigenvalue weighted by atomic mass is 35.5. The van der Waals surface area contributed by atoms with E-state index in [1.165, 1.54) is 4.90 Å². The maximum atomic E-state index is 12.8. The molecule has 1 aliphatic heterocycles. The van der Waals surface area contributed by atoms with Gasteiger partial charge < -0.3 is 4.74 Å². The van der Waals surface area contributed by atoms with Crippen LogP contribution in [-0.2, 0) is 0 Å². The van der Waals surface area contributed by atoms with E-state index in [2.05, 4.69) is 4.98 Å². The molecule has 1 aromatic carbocycles. The highest BCUT2D eigenvalue weighted by Crippen LogP contribution is 2.25. The molecule has 0 radical (unpaired) electrons. The number of halogens is 2. The molecule has 2 amide bonds. The molecule has 0 spiro atoms. The molecule has 5 nitrogen and oxygen atoms in total. The first kappa shape index (κ1) is 16.7. The second-order valence-electron chi connectivity index (χ2n) is 5.30. The van der Waals surface area contributed by atoms with Crippen LogP contribution in [0.3, 0.4) is 0 Å². The topological polar surface area (TPSA) is 59.5 Å². The molecule has 0 saturated heterocycles. The summed E-state index contributed by atoms with van der Waals surface area (Å²) in [4.78, 5) is 30.9. The number of hydrogen-bond donors (Lipinski definition) is 0. The van der Waals surface area contributed by atoms with Crippen molar-refractivity contribution in [3.63, 3.8) is 0 Å². The van der Waals surface area contributed by atoms with E-state index < -0.39 is 17.9 Å². The molecule has 24 heavy (non-hydrogen) atoms. The third-order valence-electron chi connectivity index (χ3n) is 3.68. The molecule has 124 valence electrons. The Kier molecular flexibility index (Phi) is 5.02. The van der Waals surface area contributed by atoms with Gasteiger partial charge in [0.2, 0.25) is 5.88 Å². The molecule has 7 heteroatoms. The number of nitrogens with zero attached hydrogens (tertiary/aromatic N) is 2. The summed E-state index contributed by atoms with van der Waals surface area (Å²) in [6.45, 7) is 0.114. The fraction of sp³-hybridized carbons (Fsp3) is 0.235. The van der Waals surface area contributed by atoms with Crippen LogP contribution >= 0.6 is 23.2 Å². The molecular formula is C17H14Cl2N2O3. The number of carbonyl (C=O) groups is 2. The van der Waals surface area contributed by atoms with Gasteiger partial charge in [-0.15, -0.1) is 11.6 Å². The lowest BCUT2D eigenvalue weighted by atomic mass is 10.1. The lowest BCUT2D eigenvalue weighted by molar-refractivity contribution is 0.0567. The lowest BCUT2D eigenvalue weighted by Crippen LogP contribution is -2.41. The number of benzene rings is 1. The second kappa shape index (κ2) is 7.20. The normalized spacial score (nSPS) is 17.0. The summed E-state index contributed by atoms with van der Waals surface area (Å²) >= 11 is 11.7. The summed E-state index contributed by atoms with van der Waals surface area (Å²) < 4.78 is 5.77. The van der Waals surface area contributed by atoms with Gasteiger partial charge in [0, 0.05) is 22.7 Å². The standard InChI is InChI=1S/C17H14Cl2N2O3/c18-8-7-13-10-21(16(22)11-3-5-12(19)6-4-11)17(23)14-2-1-9-20-15(14)24-13/h1-6,9,13H,7-8,10H2. The van der Waals surface area contributed by atoms with Crippen molar-refractivity contribution in [2.45, 2.75) is 12.5 Å². The van der Waals surface area contributed by atoms with E-state index in [9.17, 15) is 9.59 Å². The van der Waals surface area contributed by atoms with E-state index in [0.29, 0.717) is 22.9 Å². The van der Waals surface area contributed by atoms with E-state index in [1.54, 1.807) is 42.6 Å². The number of hydrogen-bond acceptors (Lipinski definition) is 4. The number of alkyl halides is 1. The number of ether oxygens (including phenoxy) is 1. The van der Waals surface area contributed by atoms with Gasteiger partial charge in [-0.1, -0.05) is 11.6 Å². The van der Waals surface area contributed by atoms with Gasteiger partial charge in [-0.2, -0.15) is 0 Å². The zero-order valence-corrected chi connectivity index (χ0v) is 14.1.